The number of methoxy groups -OCH3 is 2. The van der Waals surface area contributed by atoms with Crippen LogP contribution in [-0.4, -0.2) is 49.2 Å². The first kappa shape index (κ1) is 36.9. The number of rotatable bonds is 17. The third kappa shape index (κ3) is 8.94. The molecular formula is C39H45FO7S. The Morgan fingerprint density at radius 1 is 0.792 bits per heavy atom. The van der Waals surface area contributed by atoms with E-state index in [1.807, 2.05) is 37.3 Å². The predicted octanol–water partition coefficient (Wildman–Crippen LogP) is 8.31. The third-order valence-corrected chi connectivity index (χ3v) is 9.91. The van der Waals surface area contributed by atoms with Gasteiger partial charge in [-0.2, -0.15) is 0 Å². The average Bonchev–Trinajstić information content (AvgIpc) is 3.31. The summed E-state index contributed by atoms with van der Waals surface area (Å²) in [5.41, 5.74) is 6.08. The zero-order valence-corrected chi connectivity index (χ0v) is 29.4. The van der Waals surface area contributed by atoms with Crippen molar-refractivity contribution in [1.82, 2.24) is 0 Å². The molecule has 0 amide bonds. The van der Waals surface area contributed by atoms with Crippen LogP contribution in [0.5, 0.6) is 0 Å². The molecule has 4 rings (SSSR count). The van der Waals surface area contributed by atoms with Gasteiger partial charge in [-0.3, -0.25) is 14.4 Å². The molecule has 0 saturated carbocycles. The number of Topliss-reactive ketones (excluding diaryl/α,β-unsaturated/α-hetero) is 2. The first-order chi connectivity index (χ1) is 23.1. The van der Waals surface area contributed by atoms with Crippen LogP contribution in [0.2, 0.25) is 0 Å². The summed E-state index contributed by atoms with van der Waals surface area (Å²) >= 11 is -1.06. The van der Waals surface area contributed by atoms with Gasteiger partial charge in [-0.15, -0.1) is 0 Å². The number of unbranched alkanes of at least 4 members (excludes halogenated alkanes) is 7. The van der Waals surface area contributed by atoms with Gasteiger partial charge in [0.1, 0.15) is 12.1 Å². The molecule has 256 valence electrons. The summed E-state index contributed by atoms with van der Waals surface area (Å²) in [4.78, 5) is 38.8. The topological polar surface area (TPSA) is 102 Å². The van der Waals surface area contributed by atoms with Crippen molar-refractivity contribution < 1.29 is 37.5 Å². The summed E-state index contributed by atoms with van der Waals surface area (Å²) < 4.78 is 41.8. The average molecular weight is 677 g/mol. The van der Waals surface area contributed by atoms with E-state index in [0.717, 1.165) is 84.1 Å². The second-order valence-corrected chi connectivity index (χ2v) is 13.6. The number of esters is 1. The second kappa shape index (κ2) is 17.4. The van der Waals surface area contributed by atoms with Gasteiger partial charge >= 0.3 is 5.97 Å². The van der Waals surface area contributed by atoms with Crippen molar-refractivity contribution in [2.24, 2.45) is 0 Å². The minimum absolute atomic E-state index is 0.0160. The lowest BCUT2D eigenvalue weighted by Gasteiger charge is -2.20. The number of hydrogen-bond donors (Lipinski definition) is 0. The fourth-order valence-electron chi connectivity index (χ4n) is 6.24. The number of carbonyl (C=O) groups excluding carboxylic acids is 3. The second-order valence-electron chi connectivity index (χ2n) is 12.2. The number of halogens is 1. The highest BCUT2D eigenvalue weighted by atomic mass is 32.2. The van der Waals surface area contributed by atoms with E-state index in [2.05, 4.69) is 0 Å². The summed E-state index contributed by atoms with van der Waals surface area (Å²) in [5.74, 6) is -1.29. The van der Waals surface area contributed by atoms with Crippen LogP contribution in [0.25, 0.3) is 17.2 Å². The minimum atomic E-state index is -1.06. The lowest BCUT2D eigenvalue weighted by molar-refractivity contribution is -0.142. The van der Waals surface area contributed by atoms with Crippen LogP contribution in [0, 0.1) is 5.82 Å². The van der Waals surface area contributed by atoms with Gasteiger partial charge in [-0.05, 0) is 120 Å². The Bertz CT molecular complexity index is 1650. The van der Waals surface area contributed by atoms with Crippen molar-refractivity contribution in [3.05, 3.63) is 93.2 Å². The quantitative estimate of drug-likeness (QED) is 0.0719. The molecule has 0 spiro atoms. The van der Waals surface area contributed by atoms with Crippen LogP contribution in [0.15, 0.2) is 75.6 Å². The Morgan fingerprint density at radius 2 is 1.40 bits per heavy atom. The van der Waals surface area contributed by atoms with E-state index >= 15 is 0 Å². The summed E-state index contributed by atoms with van der Waals surface area (Å²) in [5, 5.41) is 0. The Morgan fingerprint density at radius 3 is 2.02 bits per heavy atom. The number of carbonyl (C=O) groups is 3. The van der Waals surface area contributed by atoms with Gasteiger partial charge < -0.3 is 18.8 Å². The first-order valence-electron chi connectivity index (χ1n) is 16.5. The molecule has 48 heavy (non-hydrogen) atoms. The molecule has 0 fully saturated rings. The smallest absolute Gasteiger partial charge is 0.310 e. The highest BCUT2D eigenvalue weighted by molar-refractivity contribution is 7.90. The lowest BCUT2D eigenvalue weighted by atomic mass is 9.89. The SMILES string of the molecule is COC1=C(OC)C(=O)C(CCCCCCCCCCOC(=O)CC2=C(C)/C(=C/c3ccc([S+](C)[O-])cc3)c3ccc(F)cc32)=C(C)C1=O. The van der Waals surface area contributed by atoms with Crippen LogP contribution in [0.1, 0.15) is 94.7 Å². The van der Waals surface area contributed by atoms with E-state index in [0.29, 0.717) is 29.7 Å². The Kier molecular flexibility index (Phi) is 13.4. The molecule has 2 aromatic rings. The van der Waals surface area contributed by atoms with E-state index < -0.39 is 11.2 Å². The summed E-state index contributed by atoms with van der Waals surface area (Å²) in [7, 11) is 2.73. The van der Waals surface area contributed by atoms with Crippen molar-refractivity contribution in [2.45, 2.75) is 83.0 Å². The molecule has 9 heteroatoms. The van der Waals surface area contributed by atoms with Crippen molar-refractivity contribution in [3.8, 4) is 0 Å². The van der Waals surface area contributed by atoms with Crippen molar-refractivity contribution in [3.63, 3.8) is 0 Å². The number of hydrogen-bond acceptors (Lipinski definition) is 7. The molecule has 2 aliphatic rings. The van der Waals surface area contributed by atoms with Crippen LogP contribution >= 0.6 is 0 Å². The fourth-order valence-corrected chi connectivity index (χ4v) is 6.76. The van der Waals surface area contributed by atoms with Crippen molar-refractivity contribution in [2.75, 3.05) is 27.1 Å². The van der Waals surface area contributed by atoms with E-state index in [9.17, 15) is 23.3 Å². The van der Waals surface area contributed by atoms with Crippen LogP contribution < -0.4 is 0 Å². The molecule has 2 aromatic carbocycles. The molecule has 0 aromatic heterocycles. The molecule has 0 radical (unpaired) electrons. The van der Waals surface area contributed by atoms with Gasteiger partial charge in [0.05, 0.1) is 27.2 Å². The maximum atomic E-state index is 14.3. The zero-order chi connectivity index (χ0) is 34.8. The van der Waals surface area contributed by atoms with Gasteiger partial charge in [0.2, 0.25) is 23.1 Å². The van der Waals surface area contributed by atoms with Gasteiger partial charge in [0, 0.05) is 11.1 Å². The van der Waals surface area contributed by atoms with Crippen LogP contribution in [0.3, 0.4) is 0 Å². The van der Waals surface area contributed by atoms with Gasteiger partial charge in [-0.25, -0.2) is 4.39 Å². The highest BCUT2D eigenvalue weighted by Crippen LogP contribution is 2.44. The minimum Gasteiger partial charge on any atom is -0.612 e. The maximum absolute atomic E-state index is 14.3. The number of benzene rings is 2. The van der Waals surface area contributed by atoms with Crippen molar-refractivity contribution in [1.29, 1.82) is 0 Å². The number of allylic oxidation sites excluding steroid dienone is 4. The maximum Gasteiger partial charge on any atom is 0.310 e. The molecule has 1 atom stereocenters. The van der Waals surface area contributed by atoms with E-state index in [1.165, 1.54) is 26.4 Å². The molecule has 1 unspecified atom stereocenters. The van der Waals surface area contributed by atoms with Crippen molar-refractivity contribution >= 4 is 45.9 Å². The molecule has 0 aliphatic heterocycles. The molecular weight excluding hydrogens is 631 g/mol. The fraction of sp³-hybridized carbons (Fsp3) is 0.410. The van der Waals surface area contributed by atoms with E-state index in [4.69, 9.17) is 14.2 Å². The number of ether oxygens (including phenoxy) is 3. The van der Waals surface area contributed by atoms with E-state index in [-0.39, 0.29) is 41.3 Å². The zero-order valence-electron chi connectivity index (χ0n) is 28.5. The molecule has 0 heterocycles. The Hall–Kier alpha value is -3.95. The highest BCUT2D eigenvalue weighted by Gasteiger charge is 2.34. The standard InChI is InChI=1S/C39H45FO7S/c1-25-32(22-27-15-18-29(19-16-27)48(5)44)31-20-17-28(40)23-34(31)33(25)24-35(41)47-21-13-11-9-7-6-8-10-12-14-30-26(2)36(42)38(45-3)39(46-4)37(30)43/h15-20,22-23H,6-14,21,24H2,1-5H3/b32-22-. The number of fused-ring (bicyclic) bond motifs is 1. The normalized spacial score (nSPS) is 16.2. The largest absolute Gasteiger partial charge is 0.612 e. The van der Waals surface area contributed by atoms with Gasteiger partial charge in [-0.1, -0.05) is 44.6 Å². The predicted molar refractivity (Wildman–Crippen MR) is 187 cm³/mol. The third-order valence-electron chi connectivity index (χ3n) is 8.98. The molecule has 0 N–H and O–H groups in total. The molecule has 0 saturated heterocycles. The van der Waals surface area contributed by atoms with Crippen LogP contribution in [-0.2, 0) is 39.8 Å². The Balaban J connectivity index is 1.16. The molecule has 7 nitrogen and oxygen atoms in total. The lowest BCUT2D eigenvalue weighted by Crippen LogP contribution is -2.25. The molecule has 0 bridgehead atoms. The summed E-state index contributed by atoms with van der Waals surface area (Å²) in [6.07, 6.45) is 12.0. The van der Waals surface area contributed by atoms with E-state index in [1.54, 1.807) is 19.2 Å². The Labute approximate surface area is 286 Å². The molecule has 2 aliphatic carbocycles. The van der Waals surface area contributed by atoms with Crippen LogP contribution in [0.4, 0.5) is 4.39 Å². The van der Waals surface area contributed by atoms with Gasteiger partial charge in [0.15, 0.2) is 4.90 Å². The summed E-state index contributed by atoms with van der Waals surface area (Å²) in [6.45, 7) is 3.96. The number of ketones is 2. The first-order valence-corrected chi connectivity index (χ1v) is 18.1. The van der Waals surface area contributed by atoms with Gasteiger partial charge in [0.25, 0.3) is 0 Å². The summed E-state index contributed by atoms with van der Waals surface area (Å²) in [6, 6.07) is 12.1. The monoisotopic (exact) mass is 676 g/mol.